The summed E-state index contributed by atoms with van der Waals surface area (Å²) in [6, 6.07) is 2.75. The molecule has 1 N–H and O–H groups in total. The molecule has 3 rings (SSSR count). The number of hydrogen-bond donors (Lipinski definition) is 1. The molecule has 0 aromatic carbocycles. The van der Waals surface area contributed by atoms with Crippen molar-refractivity contribution in [2.24, 2.45) is 0 Å². The molecule has 2 heterocycles. The molecular weight excluding hydrogens is 268 g/mol. The van der Waals surface area contributed by atoms with E-state index in [2.05, 4.69) is 33.7 Å². The maximum Gasteiger partial charge on any atom is 0.225 e. The van der Waals surface area contributed by atoms with Gasteiger partial charge in [-0.25, -0.2) is 4.98 Å². The first-order valence-corrected chi connectivity index (χ1v) is 8.33. The molecule has 1 aliphatic carbocycles. The van der Waals surface area contributed by atoms with Gasteiger partial charge < -0.3 is 10.2 Å². The molecule has 0 bridgehead atoms. The summed E-state index contributed by atoms with van der Waals surface area (Å²) in [5, 5.41) is 6.36. The van der Waals surface area contributed by atoms with Gasteiger partial charge in [0.25, 0.3) is 0 Å². The first-order valence-electron chi connectivity index (χ1n) is 7.45. The molecule has 0 atom stereocenters. The van der Waals surface area contributed by atoms with Crippen LogP contribution >= 0.6 is 11.3 Å². The van der Waals surface area contributed by atoms with Crippen molar-refractivity contribution < 1.29 is 0 Å². The molecule has 0 amide bonds. The highest BCUT2D eigenvalue weighted by Gasteiger charge is 2.21. The number of nitrogens with zero attached hydrogens (tertiary/aromatic N) is 3. The van der Waals surface area contributed by atoms with E-state index in [1.165, 1.54) is 43.9 Å². The average Bonchev–Trinajstić information content (AvgIpc) is 2.78. The lowest BCUT2D eigenvalue weighted by molar-refractivity contribution is 0.550. The van der Waals surface area contributed by atoms with E-state index in [4.69, 9.17) is 4.98 Å². The molecular formula is C15H22N4S. The Labute approximate surface area is 124 Å². The number of aromatic nitrogens is 2. The Kier molecular flexibility index (Phi) is 4.05. The summed E-state index contributed by atoms with van der Waals surface area (Å²) in [4.78, 5) is 12.7. The molecule has 1 aliphatic rings. The van der Waals surface area contributed by atoms with Crippen LogP contribution in [0.1, 0.15) is 38.5 Å². The van der Waals surface area contributed by atoms with Crippen LogP contribution in [0.15, 0.2) is 11.4 Å². The molecule has 0 aliphatic heterocycles. The molecule has 2 aromatic rings. The van der Waals surface area contributed by atoms with E-state index in [9.17, 15) is 0 Å². The zero-order valence-electron chi connectivity index (χ0n) is 12.2. The minimum absolute atomic E-state index is 0.611. The quantitative estimate of drug-likeness (QED) is 0.871. The molecule has 20 heavy (non-hydrogen) atoms. The van der Waals surface area contributed by atoms with Crippen molar-refractivity contribution in [1.29, 1.82) is 0 Å². The fourth-order valence-corrected chi connectivity index (χ4v) is 3.80. The summed E-state index contributed by atoms with van der Waals surface area (Å²) in [5.41, 5.74) is 0. The SMILES string of the molecule is CNc1nc(N(C)C2CCCCCC2)c2ccsc2n1. The molecule has 0 spiro atoms. The van der Waals surface area contributed by atoms with E-state index >= 15 is 0 Å². The third kappa shape index (κ3) is 2.59. The normalized spacial score (nSPS) is 17.1. The third-order valence-electron chi connectivity index (χ3n) is 4.24. The number of hydrogen-bond acceptors (Lipinski definition) is 5. The Morgan fingerprint density at radius 2 is 1.95 bits per heavy atom. The van der Waals surface area contributed by atoms with Gasteiger partial charge in [-0.05, 0) is 24.3 Å². The van der Waals surface area contributed by atoms with Crippen LogP contribution in [-0.2, 0) is 0 Å². The lowest BCUT2D eigenvalue weighted by Crippen LogP contribution is -2.32. The molecule has 0 unspecified atom stereocenters. The average molecular weight is 290 g/mol. The third-order valence-corrected chi connectivity index (χ3v) is 5.04. The van der Waals surface area contributed by atoms with Crippen molar-refractivity contribution in [3.8, 4) is 0 Å². The highest BCUT2D eigenvalue weighted by Crippen LogP contribution is 2.32. The largest absolute Gasteiger partial charge is 0.357 e. The minimum atomic E-state index is 0.611. The highest BCUT2D eigenvalue weighted by atomic mass is 32.1. The number of anilines is 2. The van der Waals surface area contributed by atoms with Crippen LogP contribution in [0.2, 0.25) is 0 Å². The van der Waals surface area contributed by atoms with Gasteiger partial charge in [0.2, 0.25) is 5.95 Å². The van der Waals surface area contributed by atoms with Crippen molar-refractivity contribution in [2.75, 3.05) is 24.3 Å². The second-order valence-corrected chi connectivity index (χ2v) is 6.41. The first kappa shape index (κ1) is 13.6. The zero-order chi connectivity index (χ0) is 13.9. The van der Waals surface area contributed by atoms with Gasteiger partial charge in [0, 0.05) is 20.1 Å². The Balaban J connectivity index is 1.96. The van der Waals surface area contributed by atoms with Crippen molar-refractivity contribution in [2.45, 2.75) is 44.6 Å². The first-order chi connectivity index (χ1) is 9.79. The van der Waals surface area contributed by atoms with Gasteiger partial charge >= 0.3 is 0 Å². The van der Waals surface area contributed by atoms with E-state index < -0.39 is 0 Å². The Bertz CT molecular complexity index is 572. The van der Waals surface area contributed by atoms with Crippen molar-refractivity contribution in [1.82, 2.24) is 9.97 Å². The van der Waals surface area contributed by atoms with Gasteiger partial charge in [-0.2, -0.15) is 4.98 Å². The Morgan fingerprint density at radius 3 is 2.65 bits per heavy atom. The smallest absolute Gasteiger partial charge is 0.225 e. The van der Waals surface area contributed by atoms with E-state index in [-0.39, 0.29) is 0 Å². The summed E-state index contributed by atoms with van der Waals surface area (Å²) >= 11 is 1.68. The Morgan fingerprint density at radius 1 is 1.20 bits per heavy atom. The summed E-state index contributed by atoms with van der Waals surface area (Å²) in [6.45, 7) is 0. The van der Waals surface area contributed by atoms with Crippen molar-refractivity contribution in [3.05, 3.63) is 11.4 Å². The molecule has 0 saturated heterocycles. The number of thiophene rings is 1. The van der Waals surface area contributed by atoms with Crippen molar-refractivity contribution >= 4 is 33.3 Å². The lowest BCUT2D eigenvalue weighted by atomic mass is 10.1. The van der Waals surface area contributed by atoms with E-state index in [0.717, 1.165) is 16.6 Å². The molecule has 0 radical (unpaired) electrons. The van der Waals surface area contributed by atoms with E-state index in [0.29, 0.717) is 6.04 Å². The van der Waals surface area contributed by atoms with Crippen LogP contribution in [0.3, 0.4) is 0 Å². The van der Waals surface area contributed by atoms with Gasteiger partial charge in [0.1, 0.15) is 10.6 Å². The van der Waals surface area contributed by atoms with Crippen molar-refractivity contribution in [3.63, 3.8) is 0 Å². The van der Waals surface area contributed by atoms with Gasteiger partial charge in [-0.15, -0.1) is 11.3 Å². The zero-order valence-corrected chi connectivity index (χ0v) is 13.0. The van der Waals surface area contributed by atoms with Crippen LogP contribution in [0.25, 0.3) is 10.2 Å². The molecule has 108 valence electrons. The second-order valence-electron chi connectivity index (χ2n) is 5.52. The standard InChI is InChI=1S/C15H22N4S/c1-16-15-17-13(12-9-10-20-14(12)18-15)19(2)11-7-5-3-4-6-8-11/h9-11H,3-8H2,1-2H3,(H,16,17,18). The van der Waals surface area contributed by atoms with E-state index in [1.807, 2.05) is 7.05 Å². The fourth-order valence-electron chi connectivity index (χ4n) is 3.04. The highest BCUT2D eigenvalue weighted by molar-refractivity contribution is 7.16. The van der Waals surface area contributed by atoms with Gasteiger partial charge in [-0.3, -0.25) is 0 Å². The molecule has 2 aromatic heterocycles. The summed E-state index contributed by atoms with van der Waals surface area (Å²) in [7, 11) is 4.07. The minimum Gasteiger partial charge on any atom is -0.357 e. The predicted molar refractivity (Wildman–Crippen MR) is 86.9 cm³/mol. The molecule has 4 nitrogen and oxygen atoms in total. The number of rotatable bonds is 3. The van der Waals surface area contributed by atoms with Gasteiger partial charge in [0.05, 0.1) is 5.39 Å². The topological polar surface area (TPSA) is 41.1 Å². The van der Waals surface area contributed by atoms with Crippen LogP contribution in [0, 0.1) is 0 Å². The summed E-state index contributed by atoms with van der Waals surface area (Å²) < 4.78 is 0. The number of nitrogens with one attached hydrogen (secondary N) is 1. The fraction of sp³-hybridized carbons (Fsp3) is 0.600. The second kappa shape index (κ2) is 5.95. The van der Waals surface area contributed by atoms with Crippen LogP contribution < -0.4 is 10.2 Å². The maximum atomic E-state index is 4.71. The lowest BCUT2D eigenvalue weighted by Gasteiger charge is -2.29. The summed E-state index contributed by atoms with van der Waals surface area (Å²) in [5.74, 6) is 1.79. The van der Waals surface area contributed by atoms with Gasteiger partial charge in [0.15, 0.2) is 0 Å². The maximum absolute atomic E-state index is 4.71. The van der Waals surface area contributed by atoms with Crippen LogP contribution in [-0.4, -0.2) is 30.1 Å². The van der Waals surface area contributed by atoms with E-state index in [1.54, 1.807) is 11.3 Å². The molecule has 5 heteroatoms. The predicted octanol–water partition coefficient (Wildman–Crippen LogP) is 3.89. The molecule has 1 saturated carbocycles. The van der Waals surface area contributed by atoms with Gasteiger partial charge in [-0.1, -0.05) is 25.7 Å². The van der Waals surface area contributed by atoms with Crippen LogP contribution in [0.5, 0.6) is 0 Å². The Hall–Kier alpha value is -1.36. The van der Waals surface area contributed by atoms with Crippen LogP contribution in [0.4, 0.5) is 11.8 Å². The monoisotopic (exact) mass is 290 g/mol. The summed E-state index contributed by atoms with van der Waals surface area (Å²) in [6.07, 6.45) is 7.99. The molecule has 1 fully saturated rings. The number of fused-ring (bicyclic) bond motifs is 1.